The monoisotopic (exact) mass is 387 g/mol. The summed E-state index contributed by atoms with van der Waals surface area (Å²) in [6.45, 7) is 2.61. The van der Waals surface area contributed by atoms with Crippen LogP contribution >= 0.6 is 0 Å². The number of nitrogens with zero attached hydrogens (tertiary/aromatic N) is 1. The average Bonchev–Trinajstić information content (AvgIpc) is 2.75. The highest BCUT2D eigenvalue weighted by Gasteiger charge is 2.27. The van der Waals surface area contributed by atoms with Crippen molar-refractivity contribution in [3.8, 4) is 23.0 Å². The van der Waals surface area contributed by atoms with Gasteiger partial charge in [0.15, 0.2) is 23.0 Å². The number of fused-ring (bicyclic) bond motifs is 1. The molecule has 0 spiro atoms. The summed E-state index contributed by atoms with van der Waals surface area (Å²) >= 11 is 0. The van der Waals surface area contributed by atoms with Gasteiger partial charge in [0.2, 0.25) is 0 Å². The lowest BCUT2D eigenvalue weighted by atomic mass is 9.96. The number of methoxy groups -OCH3 is 5. The maximum atomic E-state index is 5.77. The molecule has 152 valence electrons. The quantitative estimate of drug-likeness (QED) is 0.691. The molecule has 6 heteroatoms. The Bertz CT molecular complexity index is 808. The van der Waals surface area contributed by atoms with E-state index in [9.17, 15) is 0 Å². The van der Waals surface area contributed by atoms with Gasteiger partial charge in [0, 0.05) is 26.7 Å². The number of ether oxygens (including phenoxy) is 5. The van der Waals surface area contributed by atoms with Crippen molar-refractivity contribution in [1.29, 1.82) is 0 Å². The van der Waals surface area contributed by atoms with E-state index in [1.54, 1.807) is 35.5 Å². The Labute approximate surface area is 166 Å². The van der Waals surface area contributed by atoms with Gasteiger partial charge in [-0.2, -0.15) is 0 Å². The van der Waals surface area contributed by atoms with Gasteiger partial charge in [0.25, 0.3) is 0 Å². The van der Waals surface area contributed by atoms with Gasteiger partial charge in [0.05, 0.1) is 34.5 Å². The second-order valence-electron chi connectivity index (χ2n) is 6.80. The molecule has 0 fully saturated rings. The third kappa shape index (κ3) is 4.18. The largest absolute Gasteiger partial charge is 0.493 e. The second kappa shape index (κ2) is 9.17. The van der Waals surface area contributed by atoms with E-state index in [0.29, 0.717) is 0 Å². The van der Waals surface area contributed by atoms with Crippen molar-refractivity contribution >= 4 is 0 Å². The summed E-state index contributed by atoms with van der Waals surface area (Å²) in [6.07, 6.45) is 0.924. The number of hydrogen-bond donors (Lipinski definition) is 0. The van der Waals surface area contributed by atoms with E-state index in [-0.39, 0.29) is 6.10 Å². The van der Waals surface area contributed by atoms with E-state index in [0.717, 1.165) is 49.1 Å². The van der Waals surface area contributed by atoms with Crippen molar-refractivity contribution in [3.63, 3.8) is 0 Å². The van der Waals surface area contributed by atoms with Crippen LogP contribution in [0.2, 0.25) is 0 Å². The maximum Gasteiger partial charge on any atom is 0.161 e. The van der Waals surface area contributed by atoms with Crippen LogP contribution in [0.15, 0.2) is 30.3 Å². The van der Waals surface area contributed by atoms with E-state index < -0.39 is 0 Å². The third-order valence-corrected chi connectivity index (χ3v) is 5.26. The fourth-order valence-corrected chi connectivity index (χ4v) is 3.71. The number of rotatable bonds is 8. The van der Waals surface area contributed by atoms with Crippen LogP contribution in [0, 0.1) is 0 Å². The van der Waals surface area contributed by atoms with E-state index in [2.05, 4.69) is 17.0 Å². The molecule has 0 bridgehead atoms. The van der Waals surface area contributed by atoms with Crippen LogP contribution in [-0.2, 0) is 17.7 Å². The lowest BCUT2D eigenvalue weighted by Gasteiger charge is -2.34. The highest BCUT2D eigenvalue weighted by molar-refractivity contribution is 5.49. The van der Waals surface area contributed by atoms with Gasteiger partial charge in [-0.3, -0.25) is 4.90 Å². The summed E-state index contributed by atoms with van der Waals surface area (Å²) in [5, 5.41) is 0. The van der Waals surface area contributed by atoms with Crippen LogP contribution in [0.5, 0.6) is 23.0 Å². The van der Waals surface area contributed by atoms with Crippen molar-refractivity contribution in [2.45, 2.75) is 19.1 Å². The predicted molar refractivity (Wildman–Crippen MR) is 108 cm³/mol. The molecule has 3 rings (SSSR count). The zero-order valence-electron chi connectivity index (χ0n) is 17.3. The molecule has 0 radical (unpaired) electrons. The Kier molecular flexibility index (Phi) is 6.65. The summed E-state index contributed by atoms with van der Waals surface area (Å²) in [6, 6.07) is 10.2. The molecule has 0 saturated heterocycles. The smallest absolute Gasteiger partial charge is 0.161 e. The molecule has 0 N–H and O–H groups in total. The molecule has 0 aliphatic carbocycles. The highest BCUT2D eigenvalue weighted by Crippen LogP contribution is 2.37. The average molecular weight is 387 g/mol. The van der Waals surface area contributed by atoms with Gasteiger partial charge in [-0.15, -0.1) is 0 Å². The van der Waals surface area contributed by atoms with Crippen molar-refractivity contribution in [2.24, 2.45) is 0 Å². The van der Waals surface area contributed by atoms with Gasteiger partial charge in [0.1, 0.15) is 0 Å². The van der Waals surface area contributed by atoms with Crippen LogP contribution in [0.1, 0.15) is 22.8 Å². The lowest BCUT2D eigenvalue weighted by molar-refractivity contribution is 0.0482. The van der Waals surface area contributed by atoms with Crippen LogP contribution in [0.3, 0.4) is 0 Å². The molecule has 1 unspecified atom stereocenters. The van der Waals surface area contributed by atoms with Crippen molar-refractivity contribution in [3.05, 3.63) is 47.0 Å². The molecule has 0 saturated carbocycles. The summed E-state index contributed by atoms with van der Waals surface area (Å²) in [4.78, 5) is 2.40. The maximum absolute atomic E-state index is 5.77. The molecule has 1 aliphatic rings. The standard InChI is InChI=1S/C22H29NO5/c1-24-18-7-6-15(10-19(18)25-2)8-9-23-13-16-11-20(26-3)21(27-4)12-17(16)22(14-23)28-5/h6-7,10-12,22H,8-9,13-14H2,1-5H3. The molecule has 1 aliphatic heterocycles. The fourth-order valence-electron chi connectivity index (χ4n) is 3.71. The first-order chi connectivity index (χ1) is 13.6. The van der Waals surface area contributed by atoms with Crippen molar-refractivity contribution < 1.29 is 23.7 Å². The van der Waals surface area contributed by atoms with Gasteiger partial charge < -0.3 is 23.7 Å². The molecule has 28 heavy (non-hydrogen) atoms. The number of hydrogen-bond acceptors (Lipinski definition) is 6. The minimum absolute atomic E-state index is 0.00830. The fraction of sp³-hybridized carbons (Fsp3) is 0.455. The van der Waals surface area contributed by atoms with Crippen LogP contribution in [-0.4, -0.2) is 53.5 Å². The number of benzene rings is 2. The van der Waals surface area contributed by atoms with Crippen molar-refractivity contribution in [1.82, 2.24) is 4.90 Å². The van der Waals surface area contributed by atoms with E-state index in [4.69, 9.17) is 23.7 Å². The first-order valence-corrected chi connectivity index (χ1v) is 9.34. The van der Waals surface area contributed by atoms with Gasteiger partial charge >= 0.3 is 0 Å². The normalized spacial score (nSPS) is 16.4. The van der Waals surface area contributed by atoms with Gasteiger partial charge in [-0.25, -0.2) is 0 Å². The molecule has 2 aromatic carbocycles. The zero-order valence-corrected chi connectivity index (χ0v) is 17.3. The first kappa shape index (κ1) is 20.3. The summed E-state index contributed by atoms with van der Waals surface area (Å²) < 4.78 is 27.4. The van der Waals surface area contributed by atoms with Crippen LogP contribution in [0.4, 0.5) is 0 Å². The van der Waals surface area contributed by atoms with E-state index >= 15 is 0 Å². The third-order valence-electron chi connectivity index (χ3n) is 5.26. The SMILES string of the molecule is COc1ccc(CCN2Cc3cc(OC)c(OC)cc3C(OC)C2)cc1OC. The molecule has 2 aromatic rings. The van der Waals surface area contributed by atoms with E-state index in [1.165, 1.54) is 16.7 Å². The van der Waals surface area contributed by atoms with Crippen LogP contribution < -0.4 is 18.9 Å². The first-order valence-electron chi connectivity index (χ1n) is 9.34. The topological polar surface area (TPSA) is 49.4 Å². The Morgan fingerprint density at radius 1 is 0.821 bits per heavy atom. The van der Waals surface area contributed by atoms with E-state index in [1.807, 2.05) is 18.2 Å². The Morgan fingerprint density at radius 3 is 2.11 bits per heavy atom. The molecule has 0 aromatic heterocycles. The Morgan fingerprint density at radius 2 is 1.46 bits per heavy atom. The minimum Gasteiger partial charge on any atom is -0.493 e. The molecular formula is C22H29NO5. The summed E-state index contributed by atoms with van der Waals surface area (Å²) in [7, 11) is 8.38. The highest BCUT2D eigenvalue weighted by atomic mass is 16.5. The lowest BCUT2D eigenvalue weighted by Crippen LogP contribution is -2.35. The molecule has 6 nitrogen and oxygen atoms in total. The summed E-state index contributed by atoms with van der Waals surface area (Å²) in [5.41, 5.74) is 3.59. The Balaban J connectivity index is 1.75. The van der Waals surface area contributed by atoms with Gasteiger partial charge in [-0.1, -0.05) is 6.07 Å². The minimum atomic E-state index is 0.00830. The van der Waals surface area contributed by atoms with Gasteiger partial charge in [-0.05, 0) is 47.4 Å². The molecular weight excluding hydrogens is 358 g/mol. The molecule has 0 amide bonds. The summed E-state index contributed by atoms with van der Waals surface area (Å²) in [5.74, 6) is 2.99. The molecule has 1 atom stereocenters. The predicted octanol–water partition coefficient (Wildman–Crippen LogP) is 3.47. The Hall–Kier alpha value is -2.44. The molecule has 1 heterocycles. The second-order valence-corrected chi connectivity index (χ2v) is 6.80. The van der Waals surface area contributed by atoms with Crippen LogP contribution in [0.25, 0.3) is 0 Å². The van der Waals surface area contributed by atoms with Crippen molar-refractivity contribution in [2.75, 3.05) is 48.6 Å². The zero-order chi connectivity index (χ0) is 20.1.